The molecule has 0 atom stereocenters. The first kappa shape index (κ1) is 16.3. The molecule has 0 bridgehead atoms. The third-order valence-corrected chi connectivity index (χ3v) is 5.21. The number of nitrogens with two attached hydrogens (primary N) is 1. The molecule has 0 spiro atoms. The van der Waals surface area contributed by atoms with Gasteiger partial charge in [-0.15, -0.1) is 10.2 Å². The van der Waals surface area contributed by atoms with E-state index in [1.54, 1.807) is 11.8 Å². The molecule has 0 saturated carbocycles. The van der Waals surface area contributed by atoms with Crippen LogP contribution in [0.15, 0.2) is 8.68 Å². The number of hydrogen-bond donors (Lipinski definition) is 2. The van der Waals surface area contributed by atoms with Crippen LogP contribution < -0.4 is 11.1 Å². The summed E-state index contributed by atoms with van der Waals surface area (Å²) in [5.41, 5.74) is 4.84. The number of amides is 3. The van der Waals surface area contributed by atoms with E-state index in [9.17, 15) is 9.59 Å². The van der Waals surface area contributed by atoms with Crippen LogP contribution >= 0.6 is 34.9 Å². The van der Waals surface area contributed by atoms with Crippen molar-refractivity contribution >= 4 is 46.8 Å². The lowest BCUT2D eigenvalue weighted by Crippen LogP contribution is -2.35. The Morgan fingerprint density at radius 3 is 2.47 bits per heavy atom. The van der Waals surface area contributed by atoms with Crippen molar-refractivity contribution in [1.29, 1.82) is 0 Å². The maximum absolute atomic E-state index is 11.2. The molecule has 0 radical (unpaired) electrons. The lowest BCUT2D eigenvalue weighted by Gasteiger charge is -1.98. The van der Waals surface area contributed by atoms with Gasteiger partial charge in [0.05, 0.1) is 0 Å². The van der Waals surface area contributed by atoms with Gasteiger partial charge < -0.3 is 5.73 Å². The zero-order valence-corrected chi connectivity index (χ0v) is 13.0. The van der Waals surface area contributed by atoms with Crippen molar-refractivity contribution in [1.82, 2.24) is 15.5 Å². The molecule has 106 valence electrons. The Balaban J connectivity index is 2.22. The summed E-state index contributed by atoms with van der Waals surface area (Å²) >= 11 is 4.69. The number of carbonyl (C=O) groups is 2. The fourth-order valence-electron chi connectivity index (χ4n) is 1.05. The quantitative estimate of drug-likeness (QED) is 0.562. The van der Waals surface area contributed by atoms with Crippen molar-refractivity contribution in [2.45, 2.75) is 34.9 Å². The highest BCUT2D eigenvalue weighted by molar-refractivity contribution is 8.03. The van der Waals surface area contributed by atoms with Crippen LogP contribution in [-0.2, 0) is 4.79 Å². The number of hydrogen-bond acceptors (Lipinski definition) is 7. The molecule has 0 aliphatic heterocycles. The second-order valence-corrected chi connectivity index (χ2v) is 7.21. The molecule has 19 heavy (non-hydrogen) atoms. The third-order valence-electron chi connectivity index (χ3n) is 1.93. The number of imide groups is 1. The van der Waals surface area contributed by atoms with E-state index in [0.717, 1.165) is 14.4 Å². The number of nitrogens with zero attached hydrogens (tertiary/aromatic N) is 2. The Morgan fingerprint density at radius 1 is 1.26 bits per heavy atom. The van der Waals surface area contributed by atoms with Gasteiger partial charge in [0.2, 0.25) is 5.91 Å². The number of thioether (sulfide) groups is 2. The summed E-state index contributed by atoms with van der Waals surface area (Å²) in [5, 5.41) is 10.1. The van der Waals surface area contributed by atoms with Gasteiger partial charge in [0.15, 0.2) is 8.68 Å². The van der Waals surface area contributed by atoms with Crippen molar-refractivity contribution in [3.05, 3.63) is 0 Å². The molecule has 1 aromatic rings. The minimum Gasteiger partial charge on any atom is -0.351 e. The zero-order chi connectivity index (χ0) is 14.1. The molecule has 0 aliphatic rings. The number of rotatable bonds is 8. The molecule has 0 unspecified atom stereocenters. The highest BCUT2D eigenvalue weighted by Crippen LogP contribution is 2.29. The topological polar surface area (TPSA) is 98.0 Å². The Hall–Kier alpha value is -0.800. The fraction of sp³-hybridized carbons (Fsp3) is 0.600. The van der Waals surface area contributed by atoms with Crippen LogP contribution in [0.5, 0.6) is 0 Å². The van der Waals surface area contributed by atoms with E-state index in [1.807, 2.05) is 5.32 Å². The van der Waals surface area contributed by atoms with Gasteiger partial charge in [0, 0.05) is 17.9 Å². The monoisotopic (exact) mass is 320 g/mol. The Kier molecular flexibility index (Phi) is 7.84. The van der Waals surface area contributed by atoms with Gasteiger partial charge >= 0.3 is 6.03 Å². The van der Waals surface area contributed by atoms with E-state index in [1.165, 1.54) is 35.9 Å². The molecule has 1 heterocycles. The Labute approximate surface area is 124 Å². The van der Waals surface area contributed by atoms with Crippen LogP contribution in [0.2, 0.25) is 0 Å². The van der Waals surface area contributed by atoms with E-state index in [0.29, 0.717) is 5.75 Å². The van der Waals surface area contributed by atoms with Gasteiger partial charge in [-0.25, -0.2) is 4.79 Å². The average molecular weight is 320 g/mol. The molecule has 1 aromatic heterocycles. The molecule has 0 aliphatic carbocycles. The number of primary amides is 1. The van der Waals surface area contributed by atoms with Gasteiger partial charge in [-0.2, -0.15) is 0 Å². The van der Waals surface area contributed by atoms with Crippen LogP contribution in [0, 0.1) is 0 Å². The van der Waals surface area contributed by atoms with E-state index < -0.39 is 6.03 Å². The van der Waals surface area contributed by atoms with Crippen molar-refractivity contribution in [3.8, 4) is 0 Å². The molecule has 9 heteroatoms. The van der Waals surface area contributed by atoms with Crippen molar-refractivity contribution in [2.24, 2.45) is 5.73 Å². The molecule has 3 N–H and O–H groups in total. The number of carbonyl (C=O) groups excluding carboxylic acids is 2. The summed E-state index contributed by atoms with van der Waals surface area (Å²) < 4.78 is 1.79. The predicted molar refractivity (Wildman–Crippen MR) is 78.6 cm³/mol. The maximum Gasteiger partial charge on any atom is 0.318 e. The third kappa shape index (κ3) is 7.38. The van der Waals surface area contributed by atoms with Crippen molar-refractivity contribution in [3.63, 3.8) is 0 Å². The molecule has 6 nitrogen and oxygen atoms in total. The van der Waals surface area contributed by atoms with Crippen molar-refractivity contribution < 1.29 is 9.59 Å². The average Bonchev–Trinajstić information content (AvgIpc) is 2.76. The predicted octanol–water partition coefficient (Wildman–Crippen LogP) is 2.11. The summed E-state index contributed by atoms with van der Waals surface area (Å²) in [6.07, 6.45) is 2.56. The first-order valence-electron chi connectivity index (χ1n) is 5.80. The highest BCUT2D eigenvalue weighted by Gasteiger charge is 2.08. The van der Waals surface area contributed by atoms with Crippen LogP contribution in [0.25, 0.3) is 0 Å². The second kappa shape index (κ2) is 9.16. The molecular formula is C10H16N4O2S3. The van der Waals surface area contributed by atoms with Crippen LogP contribution in [-0.4, -0.2) is 33.6 Å². The van der Waals surface area contributed by atoms with E-state index in [4.69, 9.17) is 5.73 Å². The van der Waals surface area contributed by atoms with E-state index in [-0.39, 0.29) is 12.3 Å². The van der Waals surface area contributed by atoms with E-state index >= 15 is 0 Å². The standard InChI is InChI=1S/C10H16N4O2S3/c1-2-3-5-17-9-13-14-10(19-9)18-6-4-7(15)12-8(11)16/h2-6H2,1H3,(H3,11,12,15,16). The largest absolute Gasteiger partial charge is 0.351 e. The van der Waals surface area contributed by atoms with E-state index in [2.05, 4.69) is 17.1 Å². The van der Waals surface area contributed by atoms with Crippen LogP contribution in [0.3, 0.4) is 0 Å². The van der Waals surface area contributed by atoms with Crippen LogP contribution in [0.1, 0.15) is 26.2 Å². The molecule has 0 fully saturated rings. The van der Waals surface area contributed by atoms with Gasteiger partial charge in [-0.3, -0.25) is 10.1 Å². The summed E-state index contributed by atoms with van der Waals surface area (Å²) in [7, 11) is 0. The maximum atomic E-state index is 11.2. The Bertz CT molecular complexity index is 425. The minimum atomic E-state index is -0.819. The zero-order valence-electron chi connectivity index (χ0n) is 10.5. The summed E-state index contributed by atoms with van der Waals surface area (Å²) in [6, 6.07) is -0.819. The van der Waals surface area contributed by atoms with Gasteiger partial charge in [0.25, 0.3) is 0 Å². The SMILES string of the molecule is CCCCSc1nnc(SCCC(=O)NC(N)=O)s1. The van der Waals surface area contributed by atoms with Gasteiger partial charge in [-0.1, -0.05) is 48.2 Å². The lowest BCUT2D eigenvalue weighted by molar-refractivity contribution is -0.119. The Morgan fingerprint density at radius 2 is 1.89 bits per heavy atom. The molecular weight excluding hydrogens is 304 g/mol. The van der Waals surface area contributed by atoms with Crippen molar-refractivity contribution in [2.75, 3.05) is 11.5 Å². The number of aromatic nitrogens is 2. The summed E-state index contributed by atoms with van der Waals surface area (Å²) in [5.74, 6) is 1.23. The number of urea groups is 1. The minimum absolute atomic E-state index is 0.228. The first-order valence-corrected chi connectivity index (χ1v) is 8.59. The summed E-state index contributed by atoms with van der Waals surface area (Å²) in [6.45, 7) is 2.15. The number of nitrogens with one attached hydrogen (secondary N) is 1. The highest BCUT2D eigenvalue weighted by atomic mass is 32.2. The summed E-state index contributed by atoms with van der Waals surface area (Å²) in [4.78, 5) is 21.6. The second-order valence-electron chi connectivity index (χ2n) is 3.55. The molecule has 0 aromatic carbocycles. The lowest BCUT2D eigenvalue weighted by atomic mass is 10.4. The number of unbranched alkanes of at least 4 members (excludes halogenated alkanes) is 1. The van der Waals surface area contributed by atoms with Gasteiger partial charge in [-0.05, 0) is 6.42 Å². The first-order chi connectivity index (χ1) is 9.11. The van der Waals surface area contributed by atoms with Crippen LogP contribution in [0.4, 0.5) is 4.79 Å². The molecule has 3 amide bonds. The van der Waals surface area contributed by atoms with Gasteiger partial charge in [0.1, 0.15) is 0 Å². The molecule has 1 rings (SSSR count). The smallest absolute Gasteiger partial charge is 0.318 e. The normalized spacial score (nSPS) is 10.4. The fourth-order valence-corrected chi connectivity index (χ4v) is 4.23. The molecule has 0 saturated heterocycles.